The number of halogens is 2. The van der Waals surface area contributed by atoms with Gasteiger partial charge < -0.3 is 15.0 Å². The molecule has 1 aliphatic heterocycles. The van der Waals surface area contributed by atoms with Crippen molar-refractivity contribution in [2.75, 3.05) is 11.9 Å². The highest BCUT2D eigenvalue weighted by Crippen LogP contribution is 2.64. The number of benzene rings is 2. The molecule has 34 heavy (non-hydrogen) atoms. The minimum atomic E-state index is -0.357. The molecule has 4 unspecified atom stereocenters. The maximum absolute atomic E-state index is 13.1. The van der Waals surface area contributed by atoms with Crippen LogP contribution in [-0.4, -0.2) is 22.7 Å². The Balaban J connectivity index is 1.30. The van der Waals surface area contributed by atoms with Crippen LogP contribution in [0.15, 0.2) is 56.8 Å². The molecule has 5 atom stereocenters. The molecule has 3 aliphatic rings. The lowest BCUT2D eigenvalue weighted by Gasteiger charge is -2.40. The maximum atomic E-state index is 13.1. The van der Waals surface area contributed by atoms with Crippen molar-refractivity contribution in [1.82, 2.24) is 4.98 Å². The van der Waals surface area contributed by atoms with Crippen molar-refractivity contribution < 1.29 is 13.9 Å². The average molecular weight is 561 g/mol. The average Bonchev–Trinajstić information content (AvgIpc) is 3.52. The minimum Gasteiger partial charge on any atom is -0.483 e. The van der Waals surface area contributed by atoms with Gasteiger partial charge in [-0.15, -0.1) is 11.8 Å². The number of aromatic nitrogens is 1. The van der Waals surface area contributed by atoms with E-state index in [4.69, 9.17) is 4.74 Å². The van der Waals surface area contributed by atoms with E-state index >= 15 is 0 Å². The van der Waals surface area contributed by atoms with Gasteiger partial charge in [-0.2, -0.15) is 0 Å². The van der Waals surface area contributed by atoms with E-state index in [1.807, 2.05) is 23.9 Å². The summed E-state index contributed by atoms with van der Waals surface area (Å²) in [4.78, 5) is 29.0. The third-order valence-electron chi connectivity index (χ3n) is 7.26. The van der Waals surface area contributed by atoms with Gasteiger partial charge in [0.2, 0.25) is 0 Å². The van der Waals surface area contributed by atoms with Crippen molar-refractivity contribution >= 4 is 50.6 Å². The molecule has 2 N–H and O–H groups in total. The van der Waals surface area contributed by atoms with Crippen molar-refractivity contribution in [3.05, 3.63) is 72.9 Å². The van der Waals surface area contributed by atoms with Gasteiger partial charge in [0.25, 0.3) is 5.91 Å². The summed E-state index contributed by atoms with van der Waals surface area (Å²) in [6.45, 7) is -0.163. The Hall–Kier alpha value is -2.10. The van der Waals surface area contributed by atoms with E-state index in [0.29, 0.717) is 34.4 Å². The van der Waals surface area contributed by atoms with E-state index in [2.05, 4.69) is 32.3 Å². The normalized spacial score (nSPS) is 26.7. The minimum absolute atomic E-state index is 0.0223. The zero-order valence-corrected chi connectivity index (χ0v) is 21.3. The fourth-order valence-electron chi connectivity index (χ4n) is 5.96. The number of ether oxygens (including phenoxy) is 1. The predicted molar refractivity (Wildman–Crippen MR) is 135 cm³/mol. The first-order valence-corrected chi connectivity index (χ1v) is 13.8. The van der Waals surface area contributed by atoms with E-state index in [-0.39, 0.29) is 29.1 Å². The summed E-state index contributed by atoms with van der Waals surface area (Å²) >= 11 is 6.77. The fourth-order valence-corrected chi connectivity index (χ4v) is 9.23. The molecule has 1 aromatic heterocycles. The molecule has 3 aromatic rings. The van der Waals surface area contributed by atoms with Gasteiger partial charge >= 0.3 is 4.87 Å². The topological polar surface area (TPSA) is 71.2 Å². The Morgan fingerprint density at radius 2 is 1.97 bits per heavy atom. The van der Waals surface area contributed by atoms with Crippen LogP contribution in [-0.2, 0) is 4.79 Å². The summed E-state index contributed by atoms with van der Waals surface area (Å²) in [5.74, 6) is 1.83. The quantitative estimate of drug-likeness (QED) is 0.401. The van der Waals surface area contributed by atoms with Gasteiger partial charge in [0, 0.05) is 31.8 Å². The van der Waals surface area contributed by atoms with Gasteiger partial charge in [-0.25, -0.2) is 4.39 Å². The zero-order chi connectivity index (χ0) is 23.4. The molecule has 0 spiro atoms. The largest absolute Gasteiger partial charge is 0.483 e. The third-order valence-corrected chi connectivity index (χ3v) is 10.4. The summed E-state index contributed by atoms with van der Waals surface area (Å²) < 4.78 is 20.1. The molecule has 2 fully saturated rings. The van der Waals surface area contributed by atoms with Crippen LogP contribution in [0, 0.1) is 23.6 Å². The van der Waals surface area contributed by atoms with E-state index in [0.717, 1.165) is 19.9 Å². The van der Waals surface area contributed by atoms with Crippen LogP contribution in [0.1, 0.15) is 35.6 Å². The van der Waals surface area contributed by atoms with E-state index in [1.165, 1.54) is 54.9 Å². The van der Waals surface area contributed by atoms with E-state index in [1.54, 1.807) is 0 Å². The smallest absolute Gasteiger partial charge is 0.305 e. The molecule has 1 amide bonds. The molecule has 5 nitrogen and oxygen atoms in total. The number of carbonyl (C=O) groups is 1. The second-order valence-electron chi connectivity index (χ2n) is 9.20. The maximum Gasteiger partial charge on any atom is 0.305 e. The van der Waals surface area contributed by atoms with Gasteiger partial charge in [0.05, 0.1) is 5.03 Å². The van der Waals surface area contributed by atoms with Crippen LogP contribution >= 0.6 is 39.0 Å². The molecular weight excluding hydrogens is 539 g/mol. The first-order valence-electron chi connectivity index (χ1n) is 11.3. The summed E-state index contributed by atoms with van der Waals surface area (Å²) in [6.07, 6.45) is 3.75. The molecule has 2 bridgehead atoms. The third kappa shape index (κ3) is 4.01. The zero-order valence-electron chi connectivity index (χ0n) is 18.1. The number of carbonyl (C=O) groups excluding carboxylic acids is 1. The van der Waals surface area contributed by atoms with Gasteiger partial charge in [-0.3, -0.25) is 9.59 Å². The molecular formula is C25H22BrFN2O3S2. The molecule has 2 aliphatic carbocycles. The van der Waals surface area contributed by atoms with Gasteiger partial charge in [0.1, 0.15) is 11.6 Å². The van der Waals surface area contributed by atoms with E-state index < -0.39 is 0 Å². The number of thiazole rings is 1. The van der Waals surface area contributed by atoms with Crippen molar-refractivity contribution in [1.29, 1.82) is 0 Å². The highest BCUT2D eigenvalue weighted by Gasteiger charge is 2.55. The van der Waals surface area contributed by atoms with Crippen LogP contribution in [0.5, 0.6) is 5.75 Å². The number of hydrogen-bond acceptors (Lipinski definition) is 5. The number of fused-ring (bicyclic) bond motifs is 6. The summed E-state index contributed by atoms with van der Waals surface area (Å²) in [5, 5.41) is 4.23. The second kappa shape index (κ2) is 8.84. The molecule has 2 saturated carbocycles. The number of H-pyrrole nitrogens is 1. The first-order chi connectivity index (χ1) is 16.5. The monoisotopic (exact) mass is 560 g/mol. The number of aromatic amines is 1. The van der Waals surface area contributed by atoms with Crippen LogP contribution < -0.4 is 14.9 Å². The van der Waals surface area contributed by atoms with Crippen LogP contribution in [0.25, 0.3) is 0 Å². The Morgan fingerprint density at radius 1 is 1.18 bits per heavy atom. The number of hydrogen-bond donors (Lipinski definition) is 2. The van der Waals surface area contributed by atoms with Crippen LogP contribution in [0.4, 0.5) is 10.1 Å². The molecule has 2 aromatic carbocycles. The number of anilines is 1. The SMILES string of the molecule is O=C(COc1ccc(Br)cc1[C@H]1c2sc(=O)[nH]c2SC2C3CCC(C3)C21)Nc1ccc(F)cc1. The summed E-state index contributed by atoms with van der Waals surface area (Å²) in [7, 11) is 0. The summed E-state index contributed by atoms with van der Waals surface area (Å²) in [5.41, 5.74) is 1.53. The standard InChI is InChI=1S/C25H22BrFN2O3S2/c26-14-3-8-18(32-11-19(30)28-16-6-4-15(27)5-7-16)17(10-14)21-20-12-1-2-13(9-12)22(20)33-24-23(21)34-25(31)29-24/h3-8,10,12-13,20-22H,1-2,9,11H2,(H,28,30)(H,29,31)/t12?,13?,20?,21-,22?/m1/s1. The molecule has 9 heteroatoms. The Labute approximate surface area is 212 Å². The molecule has 176 valence electrons. The second-order valence-corrected chi connectivity index (χ2v) is 12.3. The predicted octanol–water partition coefficient (Wildman–Crippen LogP) is 6.01. The Kier molecular flexibility index (Phi) is 5.82. The van der Waals surface area contributed by atoms with Crippen LogP contribution in [0.3, 0.4) is 0 Å². The van der Waals surface area contributed by atoms with Crippen molar-refractivity contribution in [2.45, 2.75) is 35.5 Å². The molecule has 2 heterocycles. The van der Waals surface area contributed by atoms with Crippen molar-refractivity contribution in [3.8, 4) is 5.75 Å². The Morgan fingerprint density at radius 3 is 2.79 bits per heavy atom. The summed E-state index contributed by atoms with van der Waals surface area (Å²) in [6, 6.07) is 11.5. The van der Waals surface area contributed by atoms with Gasteiger partial charge in [-0.1, -0.05) is 27.3 Å². The molecule has 0 saturated heterocycles. The van der Waals surface area contributed by atoms with Gasteiger partial charge in [-0.05, 0) is 79.5 Å². The molecule has 0 radical (unpaired) electrons. The first kappa shape index (κ1) is 22.4. The van der Waals surface area contributed by atoms with E-state index in [9.17, 15) is 14.0 Å². The number of nitrogens with one attached hydrogen (secondary N) is 2. The number of amides is 1. The lowest BCUT2D eigenvalue weighted by atomic mass is 9.74. The highest BCUT2D eigenvalue weighted by atomic mass is 79.9. The van der Waals surface area contributed by atoms with Crippen molar-refractivity contribution in [3.63, 3.8) is 0 Å². The number of rotatable bonds is 5. The lowest BCUT2D eigenvalue weighted by molar-refractivity contribution is -0.118. The highest BCUT2D eigenvalue weighted by molar-refractivity contribution is 9.10. The fraction of sp³-hybridized carbons (Fsp3) is 0.360. The number of thioether (sulfide) groups is 1. The van der Waals surface area contributed by atoms with Gasteiger partial charge in [0.15, 0.2) is 6.61 Å². The molecule has 6 rings (SSSR count). The lowest BCUT2D eigenvalue weighted by Crippen LogP contribution is -2.34. The van der Waals surface area contributed by atoms with Crippen LogP contribution in [0.2, 0.25) is 0 Å². The van der Waals surface area contributed by atoms with Crippen molar-refractivity contribution in [2.24, 2.45) is 17.8 Å². The Bertz CT molecular complexity index is 1310.